The maximum atomic E-state index is 12.8. The molecule has 0 amide bonds. The molecule has 0 radical (unpaired) electrons. The van der Waals surface area contributed by atoms with E-state index in [2.05, 4.69) is 11.9 Å². The Kier molecular flexibility index (Phi) is 5.33. The van der Waals surface area contributed by atoms with Crippen molar-refractivity contribution < 1.29 is 8.42 Å². The van der Waals surface area contributed by atoms with E-state index in [9.17, 15) is 8.42 Å². The van der Waals surface area contributed by atoms with Crippen molar-refractivity contribution in [3.05, 3.63) is 11.4 Å². The molecule has 126 valence electrons. The zero-order valence-corrected chi connectivity index (χ0v) is 15.3. The van der Waals surface area contributed by atoms with Gasteiger partial charge in [0.25, 0.3) is 10.0 Å². The highest BCUT2D eigenvalue weighted by atomic mass is 32.2. The molecule has 0 N–H and O–H groups in total. The molecule has 22 heavy (non-hydrogen) atoms. The smallest absolute Gasteiger partial charge is 0.276 e. The Balaban J connectivity index is 2.13. The lowest BCUT2D eigenvalue weighted by atomic mass is 9.81. The molecule has 2 rings (SSSR count). The van der Waals surface area contributed by atoms with Gasteiger partial charge in [0.15, 0.2) is 0 Å². The lowest BCUT2D eigenvalue weighted by Crippen LogP contribution is -2.35. The number of rotatable bonds is 5. The quantitative estimate of drug-likeness (QED) is 0.835. The zero-order chi connectivity index (χ0) is 16.5. The van der Waals surface area contributed by atoms with Crippen molar-refractivity contribution in [1.82, 2.24) is 13.9 Å². The monoisotopic (exact) mass is 327 g/mol. The highest BCUT2D eigenvalue weighted by Gasteiger charge is 2.30. The van der Waals surface area contributed by atoms with Crippen molar-refractivity contribution in [1.29, 1.82) is 0 Å². The maximum absolute atomic E-state index is 12.8. The molecule has 1 unspecified atom stereocenters. The zero-order valence-electron chi connectivity index (χ0n) is 14.5. The molecular weight excluding hydrogens is 298 g/mol. The van der Waals surface area contributed by atoms with Gasteiger partial charge in [0.1, 0.15) is 0 Å². The predicted molar refractivity (Wildman–Crippen MR) is 88.2 cm³/mol. The third-order valence-corrected chi connectivity index (χ3v) is 7.01. The van der Waals surface area contributed by atoms with E-state index < -0.39 is 10.0 Å². The second-order valence-corrected chi connectivity index (χ2v) is 8.72. The summed E-state index contributed by atoms with van der Waals surface area (Å²) < 4.78 is 28.7. The fourth-order valence-electron chi connectivity index (χ4n) is 3.41. The van der Waals surface area contributed by atoms with E-state index in [1.165, 1.54) is 36.4 Å². The van der Waals surface area contributed by atoms with Crippen molar-refractivity contribution in [3.8, 4) is 0 Å². The van der Waals surface area contributed by atoms with Gasteiger partial charge in [-0.25, -0.2) is 13.4 Å². The summed E-state index contributed by atoms with van der Waals surface area (Å²) in [4.78, 5) is 4.26. The molecule has 0 aliphatic heterocycles. The topological polar surface area (TPSA) is 55.2 Å². The normalized spacial score (nSPS) is 18.8. The first kappa shape index (κ1) is 17.5. The summed E-state index contributed by atoms with van der Waals surface area (Å²) >= 11 is 0. The Hall–Kier alpha value is -0.880. The molecule has 5 nitrogen and oxygen atoms in total. The summed E-state index contributed by atoms with van der Waals surface area (Å²) in [7, 11) is -0.0808. The SMILES string of the molecule is Cc1nc(S(=O)(=O)N(C)CC(C)C2CCCCC2)n(C)c1C. The van der Waals surface area contributed by atoms with Crippen LogP contribution in [0.5, 0.6) is 0 Å². The van der Waals surface area contributed by atoms with Gasteiger partial charge in [-0.2, -0.15) is 4.31 Å². The number of hydrogen-bond acceptors (Lipinski definition) is 3. The first-order valence-corrected chi connectivity index (χ1v) is 9.65. The van der Waals surface area contributed by atoms with E-state index in [0.29, 0.717) is 18.4 Å². The Labute approximate surface area is 134 Å². The van der Waals surface area contributed by atoms with Crippen molar-refractivity contribution in [2.75, 3.05) is 13.6 Å². The molecule has 1 fully saturated rings. The number of hydrogen-bond donors (Lipinski definition) is 0. The van der Waals surface area contributed by atoms with Crippen molar-refractivity contribution >= 4 is 10.0 Å². The van der Waals surface area contributed by atoms with Crippen molar-refractivity contribution in [2.24, 2.45) is 18.9 Å². The third-order valence-electron chi connectivity index (χ3n) is 5.22. The summed E-state index contributed by atoms with van der Waals surface area (Å²) in [6.45, 7) is 6.49. The van der Waals surface area contributed by atoms with Crippen molar-refractivity contribution in [2.45, 2.75) is 58.0 Å². The number of aryl methyl sites for hydroxylation is 1. The third kappa shape index (κ3) is 3.38. The number of imidazole rings is 1. The Morgan fingerprint density at radius 1 is 1.27 bits per heavy atom. The van der Waals surface area contributed by atoms with E-state index in [1.54, 1.807) is 18.7 Å². The first-order valence-electron chi connectivity index (χ1n) is 8.21. The molecule has 0 spiro atoms. The van der Waals surface area contributed by atoms with Gasteiger partial charge in [-0.05, 0) is 25.7 Å². The minimum absolute atomic E-state index is 0.154. The average Bonchev–Trinajstić information content (AvgIpc) is 2.76. The van der Waals surface area contributed by atoms with Gasteiger partial charge in [-0.3, -0.25) is 0 Å². The van der Waals surface area contributed by atoms with Gasteiger partial charge in [-0.1, -0.05) is 39.0 Å². The second-order valence-electron chi connectivity index (χ2n) is 6.79. The van der Waals surface area contributed by atoms with Crippen LogP contribution in [-0.2, 0) is 17.1 Å². The van der Waals surface area contributed by atoms with Gasteiger partial charge in [0.05, 0.1) is 5.69 Å². The molecular formula is C16H29N3O2S. The van der Waals surface area contributed by atoms with Crippen LogP contribution in [0.25, 0.3) is 0 Å². The molecule has 1 aliphatic carbocycles. The lowest BCUT2D eigenvalue weighted by molar-refractivity contribution is 0.234. The first-order chi connectivity index (χ1) is 10.2. The highest BCUT2D eigenvalue weighted by Crippen LogP contribution is 2.31. The fourth-order valence-corrected chi connectivity index (χ4v) is 4.86. The van der Waals surface area contributed by atoms with Gasteiger partial charge in [0.2, 0.25) is 5.16 Å². The van der Waals surface area contributed by atoms with Crippen LogP contribution in [0.4, 0.5) is 0 Å². The van der Waals surface area contributed by atoms with E-state index in [-0.39, 0.29) is 5.16 Å². The number of aromatic nitrogens is 2. The Bertz CT molecular complexity index is 616. The summed E-state index contributed by atoms with van der Waals surface area (Å²) in [6, 6.07) is 0. The number of sulfonamides is 1. The molecule has 0 bridgehead atoms. The largest absolute Gasteiger partial charge is 0.321 e. The van der Waals surface area contributed by atoms with Crippen LogP contribution in [-0.4, -0.2) is 35.9 Å². The minimum atomic E-state index is -3.52. The minimum Gasteiger partial charge on any atom is -0.321 e. The Morgan fingerprint density at radius 3 is 2.36 bits per heavy atom. The van der Waals surface area contributed by atoms with Gasteiger partial charge in [0, 0.05) is 26.3 Å². The molecule has 0 saturated heterocycles. The summed E-state index contributed by atoms with van der Waals surface area (Å²) in [5.41, 5.74) is 1.67. The van der Waals surface area contributed by atoms with E-state index in [1.807, 2.05) is 13.8 Å². The molecule has 1 aromatic rings. The molecule has 0 aromatic carbocycles. The van der Waals surface area contributed by atoms with E-state index in [0.717, 1.165) is 11.4 Å². The molecule has 1 aromatic heterocycles. The molecule has 1 saturated carbocycles. The van der Waals surface area contributed by atoms with Gasteiger partial charge < -0.3 is 4.57 Å². The molecule has 1 atom stereocenters. The fraction of sp³-hybridized carbons (Fsp3) is 0.812. The van der Waals surface area contributed by atoms with E-state index in [4.69, 9.17) is 0 Å². The van der Waals surface area contributed by atoms with E-state index >= 15 is 0 Å². The molecule has 1 aliphatic rings. The van der Waals surface area contributed by atoms with Crippen LogP contribution in [0.15, 0.2) is 5.16 Å². The Morgan fingerprint density at radius 2 is 1.86 bits per heavy atom. The van der Waals surface area contributed by atoms with Crippen molar-refractivity contribution in [3.63, 3.8) is 0 Å². The summed E-state index contributed by atoms with van der Waals surface area (Å²) in [5.74, 6) is 1.04. The maximum Gasteiger partial charge on any atom is 0.276 e. The highest BCUT2D eigenvalue weighted by molar-refractivity contribution is 7.88. The van der Waals surface area contributed by atoms with Gasteiger partial charge >= 0.3 is 0 Å². The van der Waals surface area contributed by atoms with Gasteiger partial charge in [-0.15, -0.1) is 0 Å². The number of nitrogens with zero attached hydrogens (tertiary/aromatic N) is 3. The van der Waals surface area contributed by atoms with Crippen LogP contribution in [0.3, 0.4) is 0 Å². The average molecular weight is 327 g/mol. The second kappa shape index (κ2) is 6.71. The van der Waals surface area contributed by atoms with Crippen LogP contribution in [0, 0.1) is 25.7 Å². The standard InChI is InChI=1S/C16H29N3O2S/c1-12(15-9-7-6-8-10-15)11-18(4)22(20,21)16-17-13(2)14(3)19(16)5/h12,15H,6-11H2,1-5H3. The van der Waals surface area contributed by atoms with Crippen LogP contribution in [0.1, 0.15) is 50.4 Å². The molecule has 1 heterocycles. The summed E-state index contributed by atoms with van der Waals surface area (Å²) in [5, 5.41) is 0.154. The summed E-state index contributed by atoms with van der Waals surface area (Å²) in [6.07, 6.45) is 6.35. The predicted octanol–water partition coefficient (Wildman–Crippen LogP) is 2.87. The van der Waals surface area contributed by atoms with Crippen LogP contribution < -0.4 is 0 Å². The molecule has 6 heteroatoms. The lowest BCUT2D eigenvalue weighted by Gasteiger charge is -2.30. The van der Waals surface area contributed by atoms with Crippen LogP contribution in [0.2, 0.25) is 0 Å². The van der Waals surface area contributed by atoms with Crippen LogP contribution >= 0.6 is 0 Å².